The van der Waals surface area contributed by atoms with E-state index in [1.807, 2.05) is 0 Å². The van der Waals surface area contributed by atoms with Crippen LogP contribution in [0.1, 0.15) is 19.5 Å². The molecule has 0 spiro atoms. The molecule has 0 unspecified atom stereocenters. The van der Waals surface area contributed by atoms with Crippen molar-refractivity contribution in [1.82, 2.24) is 14.7 Å². The Morgan fingerprint density at radius 2 is 2.21 bits per heavy atom. The molecule has 2 N–H and O–H groups in total. The van der Waals surface area contributed by atoms with Gasteiger partial charge in [-0.3, -0.25) is 9.20 Å². The number of hydrogen-bond donors (Lipinski definition) is 2. The third-order valence-electron chi connectivity index (χ3n) is 2.58. The molecule has 0 saturated carbocycles. The van der Waals surface area contributed by atoms with E-state index < -0.39 is 0 Å². The first kappa shape index (κ1) is 15.5. The molecule has 0 amide bonds. The fourth-order valence-electron chi connectivity index (χ4n) is 1.74. The molecule has 0 aliphatic heterocycles. The van der Waals surface area contributed by atoms with E-state index in [4.69, 9.17) is 0 Å². The van der Waals surface area contributed by atoms with Crippen molar-refractivity contribution in [2.24, 2.45) is 5.92 Å². The predicted molar refractivity (Wildman–Crippen MR) is 76.9 cm³/mol. The van der Waals surface area contributed by atoms with Gasteiger partial charge in [0.1, 0.15) is 0 Å². The van der Waals surface area contributed by atoms with Crippen molar-refractivity contribution in [2.75, 3.05) is 6.54 Å². The summed E-state index contributed by atoms with van der Waals surface area (Å²) >= 11 is 0. The van der Waals surface area contributed by atoms with E-state index in [-0.39, 0.29) is 23.7 Å². The van der Waals surface area contributed by atoms with E-state index in [1.165, 1.54) is 16.5 Å². The Labute approximate surface area is 117 Å². The Bertz CT molecular complexity index is 610. The first-order chi connectivity index (χ1) is 8.58. The molecule has 2 aromatic rings. The van der Waals surface area contributed by atoms with Crippen LogP contribution < -0.4 is 10.9 Å². The van der Waals surface area contributed by atoms with Gasteiger partial charge in [-0.25, -0.2) is 4.98 Å². The summed E-state index contributed by atoms with van der Waals surface area (Å²) in [4.78, 5) is 16.1. The van der Waals surface area contributed by atoms with Crippen LogP contribution in [0.3, 0.4) is 0 Å². The van der Waals surface area contributed by atoms with Crippen molar-refractivity contribution >= 4 is 18.1 Å². The normalized spacial score (nSPS) is 10.7. The molecule has 104 valence electrons. The highest BCUT2D eigenvalue weighted by Gasteiger charge is 2.05. The lowest BCUT2D eigenvalue weighted by molar-refractivity contribution is 0.476. The van der Waals surface area contributed by atoms with E-state index in [0.29, 0.717) is 23.8 Å². The van der Waals surface area contributed by atoms with Crippen molar-refractivity contribution < 1.29 is 5.11 Å². The highest BCUT2D eigenvalue weighted by atomic mass is 35.5. The van der Waals surface area contributed by atoms with Crippen LogP contribution in [-0.2, 0) is 6.54 Å². The Hall–Kier alpha value is -1.59. The largest absolute Gasteiger partial charge is 0.504 e. The van der Waals surface area contributed by atoms with Gasteiger partial charge >= 0.3 is 0 Å². The summed E-state index contributed by atoms with van der Waals surface area (Å²) in [7, 11) is 0. The third-order valence-corrected chi connectivity index (χ3v) is 2.58. The summed E-state index contributed by atoms with van der Waals surface area (Å²) in [5.41, 5.74) is 0.755. The van der Waals surface area contributed by atoms with Gasteiger partial charge in [0.25, 0.3) is 5.56 Å². The van der Waals surface area contributed by atoms with E-state index in [2.05, 4.69) is 24.1 Å². The van der Waals surface area contributed by atoms with Gasteiger partial charge in [0.15, 0.2) is 11.4 Å². The highest BCUT2D eigenvalue weighted by molar-refractivity contribution is 5.85. The number of halogens is 1. The Morgan fingerprint density at radius 1 is 1.47 bits per heavy atom. The Balaban J connectivity index is 0.00000180. The number of nitrogens with one attached hydrogen (secondary N) is 1. The van der Waals surface area contributed by atoms with Crippen LogP contribution >= 0.6 is 12.4 Å². The van der Waals surface area contributed by atoms with Crippen LogP contribution in [-0.4, -0.2) is 21.0 Å². The lowest BCUT2D eigenvalue weighted by Gasteiger charge is -2.08. The fraction of sp³-hybridized carbons (Fsp3) is 0.385. The summed E-state index contributed by atoms with van der Waals surface area (Å²) in [6.07, 6.45) is 1.59. The van der Waals surface area contributed by atoms with Crippen molar-refractivity contribution in [3.8, 4) is 5.75 Å². The van der Waals surface area contributed by atoms with Crippen molar-refractivity contribution in [2.45, 2.75) is 20.4 Å². The maximum absolute atomic E-state index is 11.8. The standard InChI is InChI=1S/C13H17N3O2.ClH/c1-9(2)7-14-8-10-6-12(18)16-5-3-4-11(17)13(16)15-10;/h3-6,9,14,17H,7-8H2,1-2H3;1H. The lowest BCUT2D eigenvalue weighted by atomic mass is 10.2. The quantitative estimate of drug-likeness (QED) is 0.894. The zero-order valence-corrected chi connectivity index (χ0v) is 11.8. The van der Waals surface area contributed by atoms with Gasteiger partial charge in [-0.05, 0) is 24.6 Å². The van der Waals surface area contributed by atoms with E-state index in [1.54, 1.807) is 12.3 Å². The molecule has 0 radical (unpaired) electrons. The highest BCUT2D eigenvalue weighted by Crippen LogP contribution is 2.13. The van der Waals surface area contributed by atoms with Gasteiger partial charge in [-0.15, -0.1) is 12.4 Å². The molecule has 19 heavy (non-hydrogen) atoms. The topological polar surface area (TPSA) is 66.6 Å². The molecular formula is C13H18ClN3O2. The van der Waals surface area contributed by atoms with E-state index in [0.717, 1.165) is 6.54 Å². The molecule has 6 heteroatoms. The maximum atomic E-state index is 11.8. The maximum Gasteiger partial charge on any atom is 0.258 e. The van der Waals surface area contributed by atoms with E-state index in [9.17, 15) is 9.90 Å². The van der Waals surface area contributed by atoms with Gasteiger partial charge in [-0.1, -0.05) is 13.8 Å². The molecule has 0 bridgehead atoms. The van der Waals surface area contributed by atoms with E-state index >= 15 is 0 Å². The number of aromatic hydroxyl groups is 1. The summed E-state index contributed by atoms with van der Waals surface area (Å²) in [5.74, 6) is 0.556. The van der Waals surface area contributed by atoms with Gasteiger partial charge in [0, 0.05) is 18.8 Å². The second-order valence-electron chi connectivity index (χ2n) is 4.70. The van der Waals surface area contributed by atoms with Gasteiger partial charge < -0.3 is 10.4 Å². The molecule has 0 aliphatic carbocycles. The minimum absolute atomic E-state index is 0. The van der Waals surface area contributed by atoms with Gasteiger partial charge in [0.2, 0.25) is 0 Å². The molecule has 5 nitrogen and oxygen atoms in total. The zero-order chi connectivity index (χ0) is 13.1. The second kappa shape index (κ2) is 6.54. The van der Waals surface area contributed by atoms with Gasteiger partial charge in [-0.2, -0.15) is 0 Å². The van der Waals surface area contributed by atoms with Crippen LogP contribution in [0.15, 0.2) is 29.2 Å². The van der Waals surface area contributed by atoms with Crippen molar-refractivity contribution in [1.29, 1.82) is 0 Å². The van der Waals surface area contributed by atoms with Crippen LogP contribution in [0.5, 0.6) is 5.75 Å². The number of hydrogen-bond acceptors (Lipinski definition) is 4. The summed E-state index contributed by atoms with van der Waals surface area (Å²) in [6, 6.07) is 4.62. The molecular weight excluding hydrogens is 266 g/mol. The number of aromatic nitrogens is 2. The summed E-state index contributed by atoms with van der Waals surface area (Å²) in [5, 5.41) is 12.9. The summed E-state index contributed by atoms with van der Waals surface area (Å²) in [6.45, 7) is 5.61. The number of nitrogens with zero attached hydrogens (tertiary/aromatic N) is 2. The molecule has 0 atom stereocenters. The minimum atomic E-state index is -0.183. The first-order valence-corrected chi connectivity index (χ1v) is 5.99. The first-order valence-electron chi connectivity index (χ1n) is 5.99. The Morgan fingerprint density at radius 3 is 2.89 bits per heavy atom. The van der Waals surface area contributed by atoms with Crippen LogP contribution in [0.2, 0.25) is 0 Å². The smallest absolute Gasteiger partial charge is 0.258 e. The average Bonchev–Trinajstić information content (AvgIpc) is 2.30. The molecule has 2 rings (SSSR count). The van der Waals surface area contributed by atoms with Crippen LogP contribution in [0, 0.1) is 5.92 Å². The zero-order valence-electron chi connectivity index (χ0n) is 11.0. The SMILES string of the molecule is CC(C)CNCc1cc(=O)n2cccc(O)c2n1.Cl. The molecule has 2 heterocycles. The lowest BCUT2D eigenvalue weighted by Crippen LogP contribution is -2.22. The van der Waals surface area contributed by atoms with Crippen LogP contribution in [0.4, 0.5) is 0 Å². The van der Waals surface area contributed by atoms with Crippen LogP contribution in [0.25, 0.3) is 5.65 Å². The summed E-state index contributed by atoms with van der Waals surface area (Å²) < 4.78 is 1.33. The Kier molecular flexibility index (Phi) is 5.32. The number of pyridine rings is 1. The molecule has 0 fully saturated rings. The molecule has 2 aromatic heterocycles. The second-order valence-corrected chi connectivity index (χ2v) is 4.70. The fourth-order valence-corrected chi connectivity index (χ4v) is 1.74. The monoisotopic (exact) mass is 283 g/mol. The average molecular weight is 284 g/mol. The minimum Gasteiger partial charge on any atom is -0.504 e. The molecule has 0 saturated heterocycles. The number of fused-ring (bicyclic) bond motifs is 1. The van der Waals surface area contributed by atoms with Crippen molar-refractivity contribution in [3.63, 3.8) is 0 Å². The predicted octanol–water partition coefficient (Wildman–Crippen LogP) is 1.57. The van der Waals surface area contributed by atoms with Gasteiger partial charge in [0.05, 0.1) is 5.69 Å². The molecule has 0 aliphatic rings. The van der Waals surface area contributed by atoms with Crippen molar-refractivity contribution in [3.05, 3.63) is 40.4 Å². The third kappa shape index (κ3) is 3.68. The molecule has 0 aromatic carbocycles. The number of rotatable bonds is 4.